The van der Waals surface area contributed by atoms with E-state index in [0.29, 0.717) is 38.2 Å². The summed E-state index contributed by atoms with van der Waals surface area (Å²) in [6.45, 7) is 3.20. The van der Waals surface area contributed by atoms with Crippen molar-refractivity contribution < 1.29 is 9.90 Å². The Kier molecular flexibility index (Phi) is 7.68. The molecule has 2 heterocycles. The molecule has 34 heavy (non-hydrogen) atoms. The number of likely N-dealkylation sites (tertiary alicyclic amines) is 1. The highest BCUT2D eigenvalue weighted by Crippen LogP contribution is 2.26. The minimum absolute atomic E-state index is 0.0715. The summed E-state index contributed by atoms with van der Waals surface area (Å²) in [5.41, 5.74) is 6.11. The van der Waals surface area contributed by atoms with Gasteiger partial charge in [-0.1, -0.05) is 50.1 Å². The van der Waals surface area contributed by atoms with Crippen LogP contribution < -0.4 is 16.6 Å². The predicted molar refractivity (Wildman–Crippen MR) is 133 cm³/mol. The Balaban J connectivity index is 1.30. The lowest BCUT2D eigenvalue weighted by molar-refractivity contribution is -0.136. The first kappa shape index (κ1) is 24.4. The van der Waals surface area contributed by atoms with Crippen LogP contribution in [0.2, 0.25) is 0 Å². The van der Waals surface area contributed by atoms with Crippen LogP contribution in [0.3, 0.4) is 0 Å². The van der Waals surface area contributed by atoms with E-state index in [2.05, 4.69) is 17.2 Å². The van der Waals surface area contributed by atoms with E-state index < -0.39 is 5.60 Å². The smallest absolute Gasteiger partial charge is 0.255 e. The number of nitrogens with zero attached hydrogens (tertiary/aromatic N) is 3. The first-order valence-electron chi connectivity index (χ1n) is 12.5. The largest absolute Gasteiger partial charge is 0.388 e. The number of nitrogens with one attached hydrogen (secondary N) is 1. The Bertz CT molecular complexity index is 1020. The summed E-state index contributed by atoms with van der Waals surface area (Å²) >= 11 is 0. The normalized spacial score (nSPS) is 23.3. The molecular weight excluding hydrogens is 430 g/mol. The van der Waals surface area contributed by atoms with Gasteiger partial charge in [-0.15, -0.1) is 0 Å². The van der Waals surface area contributed by atoms with E-state index in [0.717, 1.165) is 31.2 Å². The van der Waals surface area contributed by atoms with Crippen LogP contribution in [0.1, 0.15) is 63.4 Å². The van der Waals surface area contributed by atoms with Crippen LogP contribution in [0.5, 0.6) is 0 Å². The molecule has 0 spiro atoms. The van der Waals surface area contributed by atoms with Gasteiger partial charge in [-0.2, -0.15) is 0 Å². The van der Waals surface area contributed by atoms with Crippen LogP contribution in [-0.2, 0) is 11.3 Å². The van der Waals surface area contributed by atoms with Crippen LogP contribution in [-0.4, -0.2) is 56.2 Å². The number of amides is 1. The minimum atomic E-state index is -1.03. The molecule has 1 saturated carbocycles. The van der Waals surface area contributed by atoms with E-state index >= 15 is 0 Å². The molecule has 2 fully saturated rings. The van der Waals surface area contributed by atoms with Gasteiger partial charge in [-0.05, 0) is 37.2 Å². The lowest BCUT2D eigenvalue weighted by atomic mass is 9.90. The van der Waals surface area contributed by atoms with Gasteiger partial charge in [-0.25, -0.2) is 4.98 Å². The number of hydrogen-bond acceptors (Lipinski definition) is 6. The number of hydrogen-bond donors (Lipinski definition) is 3. The maximum atomic E-state index is 12.8. The molecule has 1 aliphatic heterocycles. The van der Waals surface area contributed by atoms with Crippen molar-refractivity contribution in [2.45, 2.75) is 82.0 Å². The standard InChI is InChI=1S/C26H37N5O3/c1-19(20-7-3-2-4-8-20)15-24(32)30-13-11-26(34,12-14-30)17-31-18-28-23(16-25(31)33)29-22-10-6-5-9-21(22)27/h2-4,7-8,16,18-19,21-22,29,34H,5-6,9-15,17,27H2,1H3/t19-,21-,22-/m1/s1. The van der Waals surface area contributed by atoms with E-state index in [1.807, 2.05) is 35.2 Å². The molecule has 2 aliphatic rings. The van der Waals surface area contributed by atoms with Crippen molar-refractivity contribution in [3.8, 4) is 0 Å². The molecule has 8 heteroatoms. The number of rotatable bonds is 7. The first-order valence-corrected chi connectivity index (χ1v) is 12.5. The fourth-order valence-electron chi connectivity index (χ4n) is 5.09. The molecule has 1 aromatic carbocycles. The molecule has 4 rings (SSSR count). The highest BCUT2D eigenvalue weighted by atomic mass is 16.3. The molecule has 3 atom stereocenters. The van der Waals surface area contributed by atoms with Crippen molar-refractivity contribution in [2.75, 3.05) is 18.4 Å². The molecule has 8 nitrogen and oxygen atoms in total. The summed E-state index contributed by atoms with van der Waals surface area (Å²) in [5.74, 6) is 0.784. The van der Waals surface area contributed by atoms with Crippen molar-refractivity contribution in [1.82, 2.24) is 14.5 Å². The molecule has 1 saturated heterocycles. The summed E-state index contributed by atoms with van der Waals surface area (Å²) in [6.07, 6.45) is 7.03. The Hall–Kier alpha value is -2.71. The number of aromatic nitrogens is 2. The van der Waals surface area contributed by atoms with E-state index in [1.165, 1.54) is 17.0 Å². The summed E-state index contributed by atoms with van der Waals surface area (Å²) in [5, 5.41) is 14.4. The van der Waals surface area contributed by atoms with Crippen LogP contribution in [0.25, 0.3) is 0 Å². The molecule has 1 aromatic heterocycles. The van der Waals surface area contributed by atoms with Crippen molar-refractivity contribution in [3.63, 3.8) is 0 Å². The third-order valence-electron chi connectivity index (χ3n) is 7.39. The van der Waals surface area contributed by atoms with Crippen molar-refractivity contribution in [2.24, 2.45) is 5.73 Å². The zero-order valence-electron chi connectivity index (χ0n) is 20.0. The zero-order valence-corrected chi connectivity index (χ0v) is 20.0. The van der Waals surface area contributed by atoms with Crippen LogP contribution in [0.4, 0.5) is 5.82 Å². The van der Waals surface area contributed by atoms with Gasteiger partial charge in [0.1, 0.15) is 5.82 Å². The fourth-order valence-corrected chi connectivity index (χ4v) is 5.09. The van der Waals surface area contributed by atoms with Gasteiger partial charge in [0.05, 0.1) is 18.5 Å². The second kappa shape index (κ2) is 10.7. The van der Waals surface area contributed by atoms with Crippen molar-refractivity contribution >= 4 is 11.7 Å². The minimum Gasteiger partial charge on any atom is -0.388 e. The number of carbonyl (C=O) groups is 1. The van der Waals surface area contributed by atoms with Gasteiger partial charge in [-0.3, -0.25) is 14.2 Å². The summed E-state index contributed by atoms with van der Waals surface area (Å²) < 4.78 is 1.46. The van der Waals surface area contributed by atoms with Crippen molar-refractivity contribution in [1.29, 1.82) is 0 Å². The molecule has 0 bridgehead atoms. The average molecular weight is 468 g/mol. The number of benzene rings is 1. The second-order valence-electron chi connectivity index (χ2n) is 10.1. The molecule has 0 radical (unpaired) electrons. The molecule has 1 aliphatic carbocycles. The van der Waals surface area contributed by atoms with Gasteiger partial charge >= 0.3 is 0 Å². The highest BCUT2D eigenvalue weighted by molar-refractivity contribution is 5.77. The quantitative estimate of drug-likeness (QED) is 0.577. The van der Waals surface area contributed by atoms with Gasteiger partial charge < -0.3 is 21.1 Å². The molecule has 1 amide bonds. The third kappa shape index (κ3) is 6.04. The maximum Gasteiger partial charge on any atom is 0.255 e. The SMILES string of the molecule is C[C@H](CC(=O)N1CCC(O)(Cn2cnc(N[C@@H]3CCCC[C@H]3N)cc2=O)CC1)c1ccccc1. The van der Waals surface area contributed by atoms with Crippen LogP contribution in [0.15, 0.2) is 47.5 Å². The number of piperidine rings is 1. The van der Waals surface area contributed by atoms with E-state index in [1.54, 1.807) is 0 Å². The van der Waals surface area contributed by atoms with Gasteiger partial charge in [0.15, 0.2) is 0 Å². The number of nitrogens with two attached hydrogens (primary N) is 1. The lowest BCUT2D eigenvalue weighted by Gasteiger charge is -2.38. The number of anilines is 1. The van der Waals surface area contributed by atoms with Gasteiger partial charge in [0.2, 0.25) is 5.91 Å². The van der Waals surface area contributed by atoms with Gasteiger partial charge in [0.25, 0.3) is 5.56 Å². The van der Waals surface area contributed by atoms with E-state index in [9.17, 15) is 14.7 Å². The third-order valence-corrected chi connectivity index (χ3v) is 7.39. The number of aliphatic hydroxyl groups is 1. The Morgan fingerprint density at radius 1 is 1.24 bits per heavy atom. The molecule has 2 aromatic rings. The van der Waals surface area contributed by atoms with Crippen LogP contribution >= 0.6 is 0 Å². The Labute approximate surface area is 201 Å². The maximum absolute atomic E-state index is 12.8. The Morgan fingerprint density at radius 3 is 2.62 bits per heavy atom. The van der Waals surface area contributed by atoms with E-state index in [-0.39, 0.29) is 36.0 Å². The first-order chi connectivity index (χ1) is 16.3. The second-order valence-corrected chi connectivity index (χ2v) is 10.1. The molecule has 4 N–H and O–H groups in total. The zero-order chi connectivity index (χ0) is 24.1. The molecule has 184 valence electrons. The van der Waals surface area contributed by atoms with Crippen LogP contribution in [0, 0.1) is 0 Å². The summed E-state index contributed by atoms with van der Waals surface area (Å²) in [4.78, 5) is 31.7. The number of carbonyl (C=O) groups excluding carboxylic acids is 1. The average Bonchev–Trinajstić information content (AvgIpc) is 2.83. The van der Waals surface area contributed by atoms with E-state index in [4.69, 9.17) is 5.73 Å². The lowest BCUT2D eigenvalue weighted by Crippen LogP contribution is -2.49. The topological polar surface area (TPSA) is 113 Å². The van der Waals surface area contributed by atoms with Crippen molar-refractivity contribution in [3.05, 3.63) is 58.6 Å². The Morgan fingerprint density at radius 2 is 1.94 bits per heavy atom. The predicted octanol–water partition coefficient (Wildman–Crippen LogP) is 2.47. The fraction of sp³-hybridized carbons (Fsp3) is 0.577. The monoisotopic (exact) mass is 467 g/mol. The highest BCUT2D eigenvalue weighted by Gasteiger charge is 2.35. The molecule has 0 unspecified atom stereocenters. The molecular formula is C26H37N5O3. The summed E-state index contributed by atoms with van der Waals surface area (Å²) in [7, 11) is 0. The summed E-state index contributed by atoms with van der Waals surface area (Å²) in [6, 6.07) is 11.7. The van der Waals surface area contributed by atoms with Gasteiger partial charge in [0, 0.05) is 37.7 Å².